The highest BCUT2D eigenvalue weighted by Gasteiger charge is 2.20. The second-order valence-corrected chi connectivity index (χ2v) is 15.6. The number of hydrogen-bond donors (Lipinski definition) is 0. The van der Waals surface area contributed by atoms with E-state index in [0.29, 0.717) is 0 Å². The lowest BCUT2D eigenvalue weighted by atomic mass is 9.83. The molecule has 0 saturated carbocycles. The lowest BCUT2D eigenvalue weighted by Crippen LogP contribution is -1.93. The second-order valence-electron chi connectivity index (χ2n) is 15.6. The Labute approximate surface area is 336 Å². The molecule has 12 rings (SSSR count). The highest BCUT2D eigenvalue weighted by atomic mass is 14.2. The van der Waals surface area contributed by atoms with Gasteiger partial charge in [0.15, 0.2) is 0 Å². The Hall–Kier alpha value is -7.54. The number of benzene rings is 12. The quantitative estimate of drug-likeness (QED) is 0.125. The first-order chi connectivity index (χ1) is 28.8. The van der Waals surface area contributed by atoms with E-state index in [4.69, 9.17) is 0 Å². The minimum absolute atomic E-state index is 1.21. The molecule has 0 bridgehead atoms. The molecule has 12 aromatic rings. The van der Waals surface area contributed by atoms with Crippen molar-refractivity contribution >= 4 is 75.4 Å². The Morgan fingerprint density at radius 1 is 0.172 bits per heavy atom. The molecule has 0 aromatic heterocycles. The van der Waals surface area contributed by atoms with E-state index < -0.39 is 0 Å². The summed E-state index contributed by atoms with van der Waals surface area (Å²) in [5.74, 6) is 0. The lowest BCUT2D eigenvalue weighted by molar-refractivity contribution is 1.63. The minimum Gasteiger partial charge on any atom is -0.0616 e. The van der Waals surface area contributed by atoms with Gasteiger partial charge in [0.05, 0.1) is 0 Å². The van der Waals surface area contributed by atoms with Gasteiger partial charge in [-0.05, 0) is 144 Å². The van der Waals surface area contributed by atoms with E-state index in [-0.39, 0.29) is 0 Å². The van der Waals surface area contributed by atoms with Crippen LogP contribution in [0.4, 0.5) is 0 Å². The molecule has 0 amide bonds. The number of fused-ring (bicyclic) bond motifs is 8. The van der Waals surface area contributed by atoms with Crippen molar-refractivity contribution in [2.24, 2.45) is 0 Å². The average molecular weight is 733 g/mol. The Balaban J connectivity index is 1.19. The molecular weight excluding hydrogens is 697 g/mol. The van der Waals surface area contributed by atoms with Crippen LogP contribution in [0.25, 0.3) is 120 Å². The lowest BCUT2D eigenvalue weighted by Gasteiger charge is -2.20. The van der Waals surface area contributed by atoms with Gasteiger partial charge in [-0.2, -0.15) is 0 Å². The van der Waals surface area contributed by atoms with Crippen LogP contribution in [-0.4, -0.2) is 0 Å². The molecule has 0 aliphatic carbocycles. The van der Waals surface area contributed by atoms with Crippen LogP contribution >= 0.6 is 0 Å². The van der Waals surface area contributed by atoms with Crippen molar-refractivity contribution in [3.8, 4) is 44.5 Å². The van der Waals surface area contributed by atoms with Gasteiger partial charge in [0, 0.05) is 0 Å². The highest BCUT2D eigenvalue weighted by Crippen LogP contribution is 2.48. The monoisotopic (exact) mass is 732 g/mol. The molecule has 0 aliphatic rings. The SMILES string of the molecule is c1cc(-c2cccc3ccccc23)cc(-c2c3ccccc3c(-c3ccc4ccccc4c3)c3cc(-c4c5ccccc5cc5c4ccc4ccccc45)ccc23)c1. The largest absolute Gasteiger partial charge is 0.0616 e. The van der Waals surface area contributed by atoms with Crippen LogP contribution in [0, 0.1) is 0 Å². The summed E-state index contributed by atoms with van der Waals surface area (Å²) in [6.07, 6.45) is 0. The van der Waals surface area contributed by atoms with E-state index in [2.05, 4.69) is 218 Å². The Bertz CT molecular complexity index is 3620. The number of hydrogen-bond acceptors (Lipinski definition) is 0. The van der Waals surface area contributed by atoms with Crippen LogP contribution < -0.4 is 0 Å². The second kappa shape index (κ2) is 13.0. The summed E-state index contributed by atoms with van der Waals surface area (Å²) in [6.45, 7) is 0. The molecule has 0 unspecified atom stereocenters. The summed E-state index contributed by atoms with van der Waals surface area (Å²) < 4.78 is 0. The molecule has 0 fully saturated rings. The van der Waals surface area contributed by atoms with Crippen LogP contribution in [0.3, 0.4) is 0 Å². The maximum atomic E-state index is 2.49. The van der Waals surface area contributed by atoms with E-state index in [9.17, 15) is 0 Å². The number of rotatable bonds is 4. The van der Waals surface area contributed by atoms with E-state index in [1.807, 2.05) is 0 Å². The Morgan fingerprint density at radius 3 is 1.45 bits per heavy atom. The first-order valence-corrected chi connectivity index (χ1v) is 20.2. The van der Waals surface area contributed by atoms with Crippen molar-refractivity contribution in [1.82, 2.24) is 0 Å². The molecule has 0 saturated heterocycles. The fourth-order valence-corrected chi connectivity index (χ4v) is 9.75. The normalized spacial score (nSPS) is 11.8. The standard InChI is InChI=1S/C58H36/c1-2-16-40-33-44(28-27-37(40)13-1)58-51-25-10-9-24-50(51)57(43-20-11-19-41(34-43)48-26-12-18-38-14-3-6-21-46(38)48)53-32-30-45(36-55(53)58)56-49-23-8-5-17-42(49)35-54-47-22-7-4-15-39(47)29-31-52(54)56/h1-36H. The third kappa shape index (κ3) is 5.09. The van der Waals surface area contributed by atoms with Gasteiger partial charge in [-0.1, -0.05) is 194 Å². The molecule has 0 heteroatoms. The van der Waals surface area contributed by atoms with Gasteiger partial charge in [0.25, 0.3) is 0 Å². The van der Waals surface area contributed by atoms with Crippen molar-refractivity contribution in [2.45, 2.75) is 0 Å². The third-order valence-electron chi connectivity index (χ3n) is 12.4. The van der Waals surface area contributed by atoms with E-state index >= 15 is 0 Å². The summed E-state index contributed by atoms with van der Waals surface area (Å²) in [6, 6.07) is 81.1. The first kappa shape index (κ1) is 32.7. The summed E-state index contributed by atoms with van der Waals surface area (Å²) in [7, 11) is 0. The summed E-state index contributed by atoms with van der Waals surface area (Å²) >= 11 is 0. The molecule has 268 valence electrons. The predicted molar refractivity (Wildman–Crippen MR) is 251 cm³/mol. The average Bonchev–Trinajstić information content (AvgIpc) is 3.29. The Morgan fingerprint density at radius 2 is 0.638 bits per heavy atom. The third-order valence-corrected chi connectivity index (χ3v) is 12.4. The zero-order valence-corrected chi connectivity index (χ0v) is 31.8. The summed E-state index contributed by atoms with van der Waals surface area (Å²) in [4.78, 5) is 0. The molecule has 0 nitrogen and oxygen atoms in total. The van der Waals surface area contributed by atoms with Crippen LogP contribution in [0.5, 0.6) is 0 Å². The predicted octanol–water partition coefficient (Wildman–Crippen LogP) is 16.4. The van der Waals surface area contributed by atoms with Gasteiger partial charge in [-0.15, -0.1) is 0 Å². The van der Waals surface area contributed by atoms with Gasteiger partial charge in [0.2, 0.25) is 0 Å². The molecule has 0 radical (unpaired) electrons. The molecule has 0 aliphatic heterocycles. The molecule has 0 spiro atoms. The van der Waals surface area contributed by atoms with Crippen molar-refractivity contribution in [2.75, 3.05) is 0 Å². The Kier molecular flexibility index (Phi) is 7.33. The van der Waals surface area contributed by atoms with Gasteiger partial charge >= 0.3 is 0 Å². The fraction of sp³-hybridized carbons (Fsp3) is 0. The molecule has 0 atom stereocenters. The van der Waals surface area contributed by atoms with Crippen molar-refractivity contribution < 1.29 is 0 Å². The first-order valence-electron chi connectivity index (χ1n) is 20.2. The van der Waals surface area contributed by atoms with Gasteiger partial charge < -0.3 is 0 Å². The van der Waals surface area contributed by atoms with Crippen LogP contribution in [0.2, 0.25) is 0 Å². The molecule has 12 aromatic carbocycles. The maximum Gasteiger partial charge on any atom is -0.00259 e. The molecule has 0 heterocycles. The zero-order chi connectivity index (χ0) is 38.2. The van der Waals surface area contributed by atoms with E-state index in [1.54, 1.807) is 0 Å². The summed E-state index contributed by atoms with van der Waals surface area (Å²) in [5, 5.41) is 17.6. The fourth-order valence-electron chi connectivity index (χ4n) is 9.75. The van der Waals surface area contributed by atoms with Crippen LogP contribution in [-0.2, 0) is 0 Å². The van der Waals surface area contributed by atoms with E-state index in [1.165, 1.54) is 120 Å². The maximum absolute atomic E-state index is 2.49. The topological polar surface area (TPSA) is 0 Å². The van der Waals surface area contributed by atoms with Crippen LogP contribution in [0.1, 0.15) is 0 Å². The minimum atomic E-state index is 1.21. The highest BCUT2D eigenvalue weighted by molar-refractivity contribution is 6.25. The van der Waals surface area contributed by atoms with Crippen molar-refractivity contribution in [3.05, 3.63) is 218 Å². The van der Waals surface area contributed by atoms with Gasteiger partial charge in [-0.25, -0.2) is 0 Å². The van der Waals surface area contributed by atoms with Gasteiger partial charge in [0.1, 0.15) is 0 Å². The van der Waals surface area contributed by atoms with Crippen molar-refractivity contribution in [3.63, 3.8) is 0 Å². The zero-order valence-electron chi connectivity index (χ0n) is 31.8. The van der Waals surface area contributed by atoms with Crippen molar-refractivity contribution in [1.29, 1.82) is 0 Å². The molecular formula is C58H36. The summed E-state index contributed by atoms with van der Waals surface area (Å²) in [5.41, 5.74) is 9.93. The molecule has 58 heavy (non-hydrogen) atoms. The van der Waals surface area contributed by atoms with Gasteiger partial charge in [-0.3, -0.25) is 0 Å². The van der Waals surface area contributed by atoms with E-state index in [0.717, 1.165) is 0 Å². The smallest absolute Gasteiger partial charge is 0.00259 e. The molecule has 0 N–H and O–H groups in total. The van der Waals surface area contributed by atoms with Crippen LogP contribution in [0.15, 0.2) is 218 Å².